The molecule has 1 aromatic carbocycles. The van der Waals surface area contributed by atoms with E-state index in [-0.39, 0.29) is 0 Å². The molecule has 0 amide bonds. The Kier molecular flexibility index (Phi) is 3.02. The van der Waals surface area contributed by atoms with Crippen molar-refractivity contribution in [2.24, 2.45) is 7.05 Å². The van der Waals surface area contributed by atoms with Gasteiger partial charge in [0, 0.05) is 56.9 Å². The van der Waals surface area contributed by atoms with Crippen LogP contribution in [0.15, 0.2) is 36.7 Å². The molecule has 0 spiro atoms. The number of aromatic nitrogens is 2. The Morgan fingerprint density at radius 2 is 1.83 bits per heavy atom. The zero-order valence-electron chi connectivity index (χ0n) is 10.6. The van der Waals surface area contributed by atoms with E-state index >= 15 is 0 Å². The van der Waals surface area contributed by atoms with Crippen LogP contribution in [0.2, 0.25) is 0 Å². The predicted octanol–water partition coefficient (Wildman–Crippen LogP) is 1.50. The number of imidazole rings is 1. The fraction of sp³-hybridized carbons (Fsp3) is 0.357. The Labute approximate surface area is 107 Å². The second-order valence-electron chi connectivity index (χ2n) is 4.65. The van der Waals surface area contributed by atoms with Crippen molar-refractivity contribution in [1.29, 1.82) is 0 Å². The summed E-state index contributed by atoms with van der Waals surface area (Å²) in [6.07, 6.45) is 3.80. The fourth-order valence-electron chi connectivity index (χ4n) is 2.39. The van der Waals surface area contributed by atoms with Crippen LogP contribution in [0.25, 0.3) is 11.4 Å². The third-order valence-electron chi connectivity index (χ3n) is 3.43. The second kappa shape index (κ2) is 4.82. The zero-order valence-corrected chi connectivity index (χ0v) is 10.6. The molecule has 18 heavy (non-hydrogen) atoms. The summed E-state index contributed by atoms with van der Waals surface area (Å²) >= 11 is 0. The lowest BCUT2D eigenvalue weighted by Crippen LogP contribution is -2.43. The van der Waals surface area contributed by atoms with E-state index in [1.807, 2.05) is 24.0 Å². The lowest BCUT2D eigenvalue weighted by molar-refractivity contribution is 0.589. The molecule has 0 bridgehead atoms. The van der Waals surface area contributed by atoms with Crippen molar-refractivity contribution in [3.63, 3.8) is 0 Å². The molecule has 1 N–H and O–H groups in total. The van der Waals surface area contributed by atoms with Gasteiger partial charge in [0.2, 0.25) is 0 Å². The SMILES string of the molecule is Cn1ccnc1-c1ccc(N2CCNCC2)cc1. The van der Waals surface area contributed by atoms with Crippen LogP contribution in [0.3, 0.4) is 0 Å². The summed E-state index contributed by atoms with van der Waals surface area (Å²) in [4.78, 5) is 6.78. The number of nitrogens with one attached hydrogen (secondary N) is 1. The van der Waals surface area contributed by atoms with Crippen LogP contribution in [-0.2, 0) is 7.05 Å². The van der Waals surface area contributed by atoms with E-state index in [0.717, 1.165) is 32.0 Å². The van der Waals surface area contributed by atoms with Crippen molar-refractivity contribution in [3.05, 3.63) is 36.7 Å². The Morgan fingerprint density at radius 1 is 1.11 bits per heavy atom. The van der Waals surface area contributed by atoms with Gasteiger partial charge in [0.15, 0.2) is 0 Å². The molecule has 4 heteroatoms. The summed E-state index contributed by atoms with van der Waals surface area (Å²) in [7, 11) is 2.02. The minimum absolute atomic E-state index is 1.02. The molecule has 0 aliphatic carbocycles. The number of anilines is 1. The van der Waals surface area contributed by atoms with Gasteiger partial charge in [-0.2, -0.15) is 0 Å². The Balaban J connectivity index is 1.82. The highest BCUT2D eigenvalue weighted by Crippen LogP contribution is 2.21. The zero-order chi connectivity index (χ0) is 12.4. The third kappa shape index (κ3) is 2.11. The van der Waals surface area contributed by atoms with Gasteiger partial charge in [0.05, 0.1) is 0 Å². The molecule has 1 saturated heterocycles. The van der Waals surface area contributed by atoms with Crippen LogP contribution in [0.5, 0.6) is 0 Å². The van der Waals surface area contributed by atoms with Gasteiger partial charge < -0.3 is 14.8 Å². The Hall–Kier alpha value is -1.81. The van der Waals surface area contributed by atoms with Crippen LogP contribution in [0.4, 0.5) is 5.69 Å². The smallest absolute Gasteiger partial charge is 0.139 e. The summed E-state index contributed by atoms with van der Waals surface area (Å²) in [5.74, 6) is 1.02. The molecule has 1 aliphatic rings. The molecule has 1 aliphatic heterocycles. The van der Waals surface area contributed by atoms with E-state index in [0.29, 0.717) is 0 Å². The van der Waals surface area contributed by atoms with Crippen LogP contribution >= 0.6 is 0 Å². The largest absolute Gasteiger partial charge is 0.369 e. The van der Waals surface area contributed by atoms with Gasteiger partial charge in [-0.3, -0.25) is 0 Å². The maximum atomic E-state index is 4.37. The van der Waals surface area contributed by atoms with Crippen molar-refractivity contribution in [3.8, 4) is 11.4 Å². The van der Waals surface area contributed by atoms with Crippen LogP contribution in [-0.4, -0.2) is 35.7 Å². The molecule has 4 nitrogen and oxygen atoms in total. The summed E-state index contributed by atoms with van der Waals surface area (Å²) in [5.41, 5.74) is 2.47. The number of rotatable bonds is 2. The molecule has 94 valence electrons. The lowest BCUT2D eigenvalue weighted by Gasteiger charge is -2.29. The molecule has 2 heterocycles. The van der Waals surface area contributed by atoms with Gasteiger partial charge in [0.25, 0.3) is 0 Å². The summed E-state index contributed by atoms with van der Waals surface area (Å²) in [5, 5.41) is 3.37. The minimum Gasteiger partial charge on any atom is -0.369 e. The topological polar surface area (TPSA) is 33.1 Å². The van der Waals surface area contributed by atoms with Gasteiger partial charge in [-0.05, 0) is 24.3 Å². The van der Waals surface area contributed by atoms with Crippen LogP contribution in [0.1, 0.15) is 0 Å². The standard InChI is InChI=1S/C14H18N4/c1-17-9-8-16-14(17)12-2-4-13(5-3-12)18-10-6-15-7-11-18/h2-5,8-9,15H,6-7,10-11H2,1H3. The quantitative estimate of drug-likeness (QED) is 0.866. The number of piperazine rings is 1. The van der Waals surface area contributed by atoms with Gasteiger partial charge >= 0.3 is 0 Å². The van der Waals surface area contributed by atoms with Crippen LogP contribution < -0.4 is 10.2 Å². The van der Waals surface area contributed by atoms with E-state index in [9.17, 15) is 0 Å². The molecular formula is C14H18N4. The molecule has 0 radical (unpaired) electrons. The number of benzene rings is 1. The number of hydrogen-bond donors (Lipinski definition) is 1. The Morgan fingerprint density at radius 3 is 2.44 bits per heavy atom. The molecule has 1 fully saturated rings. The van der Waals surface area contributed by atoms with Gasteiger partial charge in [-0.1, -0.05) is 0 Å². The first kappa shape index (κ1) is 11.3. The Bertz CT molecular complexity index is 509. The van der Waals surface area contributed by atoms with Gasteiger partial charge in [0.1, 0.15) is 5.82 Å². The van der Waals surface area contributed by atoms with E-state index < -0.39 is 0 Å². The highest BCUT2D eigenvalue weighted by atomic mass is 15.2. The molecule has 3 rings (SSSR count). The van der Waals surface area contributed by atoms with E-state index in [2.05, 4.69) is 39.5 Å². The molecule has 2 aromatic rings. The number of hydrogen-bond acceptors (Lipinski definition) is 3. The van der Waals surface area contributed by atoms with Gasteiger partial charge in [-0.25, -0.2) is 4.98 Å². The molecule has 0 unspecified atom stereocenters. The summed E-state index contributed by atoms with van der Waals surface area (Å²) in [6.45, 7) is 4.31. The number of nitrogens with zero attached hydrogens (tertiary/aromatic N) is 3. The van der Waals surface area contributed by atoms with Crippen molar-refractivity contribution in [1.82, 2.24) is 14.9 Å². The molecule has 1 aromatic heterocycles. The number of aryl methyl sites for hydroxylation is 1. The van der Waals surface area contributed by atoms with E-state index in [4.69, 9.17) is 0 Å². The minimum atomic E-state index is 1.02. The van der Waals surface area contributed by atoms with Crippen molar-refractivity contribution >= 4 is 5.69 Å². The third-order valence-corrected chi connectivity index (χ3v) is 3.43. The maximum Gasteiger partial charge on any atom is 0.139 e. The second-order valence-corrected chi connectivity index (χ2v) is 4.65. The van der Waals surface area contributed by atoms with Crippen molar-refractivity contribution in [2.75, 3.05) is 31.1 Å². The van der Waals surface area contributed by atoms with E-state index in [1.54, 1.807) is 0 Å². The van der Waals surface area contributed by atoms with Crippen molar-refractivity contribution < 1.29 is 0 Å². The molecular weight excluding hydrogens is 224 g/mol. The predicted molar refractivity (Wildman–Crippen MR) is 73.7 cm³/mol. The van der Waals surface area contributed by atoms with Crippen LogP contribution in [0, 0.1) is 0 Å². The monoisotopic (exact) mass is 242 g/mol. The lowest BCUT2D eigenvalue weighted by atomic mass is 10.1. The van der Waals surface area contributed by atoms with Crippen molar-refractivity contribution in [2.45, 2.75) is 0 Å². The summed E-state index contributed by atoms with van der Waals surface area (Å²) < 4.78 is 2.04. The highest BCUT2D eigenvalue weighted by Gasteiger charge is 2.10. The average Bonchev–Trinajstić information content (AvgIpc) is 2.86. The first-order chi connectivity index (χ1) is 8.84. The normalized spacial score (nSPS) is 15.9. The highest BCUT2D eigenvalue weighted by molar-refractivity contribution is 5.61. The first-order valence-corrected chi connectivity index (χ1v) is 6.38. The van der Waals surface area contributed by atoms with Gasteiger partial charge in [-0.15, -0.1) is 0 Å². The van der Waals surface area contributed by atoms with E-state index in [1.165, 1.54) is 11.3 Å². The fourth-order valence-corrected chi connectivity index (χ4v) is 2.39. The average molecular weight is 242 g/mol. The molecule has 0 atom stereocenters. The first-order valence-electron chi connectivity index (χ1n) is 6.38. The summed E-state index contributed by atoms with van der Waals surface area (Å²) in [6, 6.07) is 8.68. The maximum absolute atomic E-state index is 4.37. The molecule has 0 saturated carbocycles.